The first-order valence-electron chi connectivity index (χ1n) is 30.1. The molecule has 2 fully saturated rings. The fraction of sp³-hybridized carbons (Fsp3) is 0.515. The molecule has 0 unspecified atom stereocenters. The molecular weight excluding hydrogens is 1310 g/mol. The number of benzene rings is 4. The van der Waals surface area contributed by atoms with Crippen molar-refractivity contribution in [3.8, 4) is 22.3 Å². The Hall–Kier alpha value is -5.62. The topological polar surface area (TPSA) is 296 Å². The van der Waals surface area contributed by atoms with Gasteiger partial charge in [-0.3, -0.25) is 48.4 Å². The van der Waals surface area contributed by atoms with Crippen LogP contribution in [-0.2, 0) is 60.7 Å². The Morgan fingerprint density at radius 1 is 0.576 bits per heavy atom. The molecule has 20 nitrogen and oxygen atoms in total. The van der Waals surface area contributed by atoms with E-state index in [1.54, 1.807) is 27.7 Å². The fourth-order valence-electron chi connectivity index (χ4n) is 9.46. The number of esters is 2. The first-order valence-corrected chi connectivity index (χ1v) is 32.4. The third kappa shape index (κ3) is 28.1. The lowest BCUT2D eigenvalue weighted by Crippen LogP contribution is -2.60. The second-order valence-electron chi connectivity index (χ2n) is 23.3. The number of amides is 4. The average Bonchev–Trinajstić information content (AvgIpc) is 1.03. The number of rotatable bonds is 24. The molecule has 4 aromatic rings. The summed E-state index contributed by atoms with van der Waals surface area (Å²) in [6.45, 7) is 13.9. The average molecular weight is 1400 g/mol. The molecule has 0 spiro atoms. The summed E-state index contributed by atoms with van der Waals surface area (Å²) in [4.78, 5) is 98.7. The number of ether oxygens (including phenoxy) is 2. The van der Waals surface area contributed by atoms with Crippen molar-refractivity contribution in [1.82, 2.24) is 31.5 Å². The summed E-state index contributed by atoms with van der Waals surface area (Å²) in [7, 11) is 0. The molecule has 2 heterocycles. The van der Waals surface area contributed by atoms with E-state index in [-0.39, 0.29) is 62.7 Å². The number of nitrogens with two attached hydrogens (primary N) is 1. The van der Waals surface area contributed by atoms with E-state index in [0.29, 0.717) is 51.6 Å². The highest BCUT2D eigenvalue weighted by atomic mass is 35.6. The third-order valence-electron chi connectivity index (χ3n) is 14.9. The number of carboxylic acids is 1. The van der Waals surface area contributed by atoms with Gasteiger partial charge in [0.2, 0.25) is 19.4 Å². The molecule has 2 aliphatic rings. The SMILES string of the molecule is C.CC(C)[C@H](CC(=O)CCc1ccc(-c2cccc([C@@H](C)O)c2)cc1)C(=O)N[C@@H](C)C(=O)N1CCC[C@@H](C(=O)OCC(Cl)(Cl)Cl)N1.CC(C)[C@H](N)C(=O)N[C@@H](C)C(=O)N1CCC[C@@H](C(=O)OCC(Cl)(Cl)Cl)N1.C[C@@H](O)c1cccc(-c2ccc(CCC(=O)O)cc2)c1. The number of Topliss-reactive ketones (excluding diaryl/α,β-unsaturated/α-hetero) is 1. The van der Waals surface area contributed by atoms with E-state index in [1.807, 2.05) is 125 Å². The molecule has 9 N–H and O–H groups in total. The highest BCUT2D eigenvalue weighted by Crippen LogP contribution is 2.29. The van der Waals surface area contributed by atoms with Gasteiger partial charge in [0.05, 0.1) is 18.2 Å². The van der Waals surface area contributed by atoms with E-state index in [9.17, 15) is 48.6 Å². The van der Waals surface area contributed by atoms with Gasteiger partial charge in [-0.05, 0) is 135 Å². The first-order chi connectivity index (χ1) is 42.6. The van der Waals surface area contributed by atoms with E-state index in [4.69, 9.17) is 89.9 Å². The monoisotopic (exact) mass is 1400 g/mol. The molecule has 8 atom stereocenters. The second-order valence-corrected chi connectivity index (χ2v) is 28.3. The van der Waals surface area contributed by atoms with Gasteiger partial charge in [0.25, 0.3) is 11.8 Å². The Morgan fingerprint density at radius 3 is 1.33 bits per heavy atom. The highest BCUT2D eigenvalue weighted by molar-refractivity contribution is 6.68. The zero-order valence-electron chi connectivity index (χ0n) is 52.4. The summed E-state index contributed by atoms with van der Waals surface area (Å²) in [6.07, 6.45) is 2.58. The molecule has 508 valence electrons. The summed E-state index contributed by atoms with van der Waals surface area (Å²) >= 11 is 33.6. The van der Waals surface area contributed by atoms with Crippen molar-refractivity contribution < 1.29 is 63.1 Å². The number of hydrazine groups is 2. The van der Waals surface area contributed by atoms with Gasteiger partial charge in [-0.25, -0.2) is 10.9 Å². The Bertz CT molecular complexity index is 3050. The smallest absolute Gasteiger partial charge is 0.325 e. The number of aliphatic carboxylic acids is 1. The second kappa shape index (κ2) is 38.7. The summed E-state index contributed by atoms with van der Waals surface area (Å²) < 4.78 is 6.52. The fourth-order valence-corrected chi connectivity index (χ4v) is 9.79. The molecule has 4 amide bonds. The van der Waals surface area contributed by atoms with Crippen LogP contribution in [0.4, 0.5) is 0 Å². The number of hydrogen-bond acceptors (Lipinski definition) is 15. The number of aliphatic hydroxyl groups is 2. The van der Waals surface area contributed by atoms with Gasteiger partial charge in [-0.2, -0.15) is 0 Å². The minimum Gasteiger partial charge on any atom is -0.481 e. The molecule has 0 saturated carbocycles. The Morgan fingerprint density at radius 2 is 0.967 bits per heavy atom. The Labute approximate surface area is 570 Å². The first kappa shape index (κ1) is 80.6. The maximum atomic E-state index is 13.2. The largest absolute Gasteiger partial charge is 0.481 e. The number of aliphatic hydroxyl groups excluding tert-OH is 2. The van der Waals surface area contributed by atoms with Crippen molar-refractivity contribution in [1.29, 1.82) is 0 Å². The highest BCUT2D eigenvalue weighted by Gasteiger charge is 2.36. The van der Waals surface area contributed by atoms with Gasteiger partial charge in [-0.1, -0.05) is 190 Å². The van der Waals surface area contributed by atoms with Gasteiger partial charge in [0, 0.05) is 38.3 Å². The molecule has 6 rings (SSSR count). The number of ketones is 1. The lowest BCUT2D eigenvalue weighted by atomic mass is 9.88. The van der Waals surface area contributed by atoms with Crippen LogP contribution in [0, 0.1) is 17.8 Å². The van der Waals surface area contributed by atoms with Crippen LogP contribution in [0.2, 0.25) is 0 Å². The maximum absolute atomic E-state index is 13.2. The van der Waals surface area contributed by atoms with Crippen LogP contribution in [-0.4, -0.2) is 137 Å². The minimum atomic E-state index is -1.74. The minimum absolute atomic E-state index is 0. The molecule has 2 saturated heterocycles. The summed E-state index contributed by atoms with van der Waals surface area (Å²) in [5, 5.41) is 36.1. The van der Waals surface area contributed by atoms with Crippen molar-refractivity contribution in [2.24, 2.45) is 23.5 Å². The number of carboxylic acid groups (broad SMARTS) is 1. The predicted molar refractivity (Wildman–Crippen MR) is 360 cm³/mol. The number of halogens is 6. The zero-order chi connectivity index (χ0) is 67.9. The number of hydrogen-bond donors (Lipinski definition) is 8. The van der Waals surface area contributed by atoms with Crippen LogP contribution in [0.25, 0.3) is 22.3 Å². The Kier molecular flexibility index (Phi) is 33.9. The third-order valence-corrected chi connectivity index (χ3v) is 15.6. The van der Waals surface area contributed by atoms with E-state index in [0.717, 1.165) is 44.5 Å². The normalized spacial score (nSPS) is 16.9. The summed E-state index contributed by atoms with van der Waals surface area (Å²) in [5.74, 6) is -4.44. The predicted octanol–water partition coefficient (Wildman–Crippen LogP) is 10.4. The van der Waals surface area contributed by atoms with Gasteiger partial charge in [-0.15, -0.1) is 0 Å². The number of carbonyl (C=O) groups excluding carboxylic acids is 7. The van der Waals surface area contributed by atoms with E-state index >= 15 is 0 Å². The van der Waals surface area contributed by atoms with Gasteiger partial charge < -0.3 is 41.2 Å². The molecular formula is C66H89Cl6N7O13. The maximum Gasteiger partial charge on any atom is 0.325 e. The van der Waals surface area contributed by atoms with Crippen molar-refractivity contribution in [3.05, 3.63) is 119 Å². The number of aryl methyl sites for hydroxylation is 2. The lowest BCUT2D eigenvalue weighted by molar-refractivity contribution is -0.154. The van der Waals surface area contributed by atoms with Gasteiger partial charge >= 0.3 is 17.9 Å². The van der Waals surface area contributed by atoms with Gasteiger partial charge in [0.1, 0.15) is 43.2 Å². The quantitative estimate of drug-likeness (QED) is 0.0239. The van der Waals surface area contributed by atoms with Crippen molar-refractivity contribution in [3.63, 3.8) is 0 Å². The van der Waals surface area contributed by atoms with E-state index < -0.39 is 92.2 Å². The lowest BCUT2D eigenvalue weighted by Gasteiger charge is -2.34. The van der Waals surface area contributed by atoms with Crippen LogP contribution in [0.3, 0.4) is 0 Å². The summed E-state index contributed by atoms with van der Waals surface area (Å²) in [6, 6.07) is 27.5. The number of alkyl halides is 6. The van der Waals surface area contributed by atoms with Crippen LogP contribution in [0.15, 0.2) is 97.1 Å². The molecule has 0 bridgehead atoms. The molecule has 26 heteroatoms. The molecule has 4 aromatic carbocycles. The summed E-state index contributed by atoms with van der Waals surface area (Å²) in [5.41, 5.74) is 19.3. The van der Waals surface area contributed by atoms with Crippen LogP contribution in [0.5, 0.6) is 0 Å². The zero-order valence-corrected chi connectivity index (χ0v) is 56.9. The number of carbonyl (C=O) groups is 8. The molecule has 2 aliphatic heterocycles. The van der Waals surface area contributed by atoms with Crippen molar-refractivity contribution in [2.45, 2.75) is 171 Å². The Balaban J connectivity index is 0.000000396. The van der Waals surface area contributed by atoms with Crippen LogP contribution >= 0.6 is 69.6 Å². The molecule has 92 heavy (non-hydrogen) atoms. The molecule has 0 aromatic heterocycles. The number of nitrogens with one attached hydrogen (secondary N) is 4. The molecule has 0 aliphatic carbocycles. The van der Waals surface area contributed by atoms with Crippen molar-refractivity contribution in [2.75, 3.05) is 26.3 Å². The van der Waals surface area contributed by atoms with E-state index in [2.05, 4.69) is 21.5 Å². The van der Waals surface area contributed by atoms with Crippen LogP contribution < -0.4 is 27.2 Å². The van der Waals surface area contributed by atoms with Crippen LogP contribution in [0.1, 0.15) is 142 Å². The van der Waals surface area contributed by atoms with E-state index in [1.165, 1.54) is 10.0 Å². The van der Waals surface area contributed by atoms with Crippen molar-refractivity contribution >= 4 is 117 Å². The standard InChI is InChI=1S/C33H42Cl3N3O6.C17H18O3.C15H25Cl3N4O4.CH4/c1-20(2)28(18-27(41)15-12-23-10-13-24(14-11-23)26-8-5-7-25(17-26)22(4)40)30(42)37-21(3)31(43)39-16-6-9-29(38-39)32(44)45-19-33(34,35)36;1-12(18)15-3-2-4-16(11-15)14-8-5-13(6-9-14)7-10-17(19)20;1-8(2)11(19)12(23)20-9(3)13(24)22-6-4-5-10(21-22)14(25)26-7-15(16,17)18;/h5,7-8,10-11,13-14,17,20-22,28-29,38,40H,6,9,12,15-16,18-19H2,1-4H3,(H,37,42);2-6,8-9,11-12,18H,7,10H2,1H3,(H,19,20);8-11,21H,4-7,19H2,1-3H3,(H,20,23);1H4/t21-,22+,28-,29-;12-;9-,10-,11-;/m010./s1. The molecule has 0 radical (unpaired) electrons. The number of nitrogens with zero attached hydrogens (tertiary/aromatic N) is 2. The van der Waals surface area contributed by atoms with Gasteiger partial charge in [0.15, 0.2) is 0 Å².